The van der Waals surface area contributed by atoms with E-state index < -0.39 is 0 Å². The van der Waals surface area contributed by atoms with Crippen LogP contribution >= 0.6 is 0 Å². The summed E-state index contributed by atoms with van der Waals surface area (Å²) < 4.78 is 0. The van der Waals surface area contributed by atoms with E-state index in [0.29, 0.717) is 12.0 Å². The minimum atomic E-state index is 0.688. The second-order valence-electron chi connectivity index (χ2n) is 3.79. The molecule has 14 heavy (non-hydrogen) atoms. The first-order chi connectivity index (χ1) is 6.72. The summed E-state index contributed by atoms with van der Waals surface area (Å²) in [4.78, 5) is 10.9. The summed E-state index contributed by atoms with van der Waals surface area (Å²) in [6.45, 7) is 2.05. The fourth-order valence-electron chi connectivity index (χ4n) is 1.55. The van der Waals surface area contributed by atoms with E-state index in [2.05, 4.69) is 27.2 Å². The minimum Gasteiger partial charge on any atom is -0.357 e. The summed E-state index contributed by atoms with van der Waals surface area (Å²) >= 11 is 0. The van der Waals surface area contributed by atoms with Crippen LogP contribution in [0.3, 0.4) is 0 Å². The molecule has 0 aliphatic heterocycles. The van der Waals surface area contributed by atoms with Crippen molar-refractivity contribution >= 4 is 11.8 Å². The van der Waals surface area contributed by atoms with Crippen LogP contribution in [-0.2, 0) is 0 Å². The van der Waals surface area contributed by atoms with Gasteiger partial charge in [0.05, 0.1) is 0 Å². The van der Waals surface area contributed by atoms with Crippen LogP contribution in [0.4, 0.5) is 11.8 Å². The molecule has 2 rings (SSSR count). The van der Waals surface area contributed by atoms with Gasteiger partial charge in [-0.25, -0.2) is 4.98 Å². The van der Waals surface area contributed by atoms with Crippen LogP contribution in [0.15, 0.2) is 6.20 Å². The lowest BCUT2D eigenvalue weighted by Crippen LogP contribution is -2.22. The number of nitrogens with one attached hydrogen (secondary N) is 1. The molecule has 1 heterocycles. The molecule has 0 bridgehead atoms. The quantitative estimate of drug-likeness (QED) is 0.786. The Morgan fingerprint density at radius 2 is 2.21 bits per heavy atom. The van der Waals surface area contributed by atoms with E-state index in [9.17, 15) is 0 Å². The van der Waals surface area contributed by atoms with Gasteiger partial charge in [-0.2, -0.15) is 4.98 Å². The molecule has 0 atom stereocenters. The van der Waals surface area contributed by atoms with E-state index in [0.717, 1.165) is 11.4 Å². The second-order valence-corrected chi connectivity index (χ2v) is 3.79. The normalized spacial score (nSPS) is 15.4. The topological polar surface area (TPSA) is 41.1 Å². The zero-order valence-corrected chi connectivity index (χ0v) is 8.91. The highest BCUT2D eigenvalue weighted by Gasteiger charge is 2.28. The third kappa shape index (κ3) is 1.64. The van der Waals surface area contributed by atoms with Gasteiger partial charge in [-0.3, -0.25) is 0 Å². The van der Waals surface area contributed by atoms with Crippen LogP contribution in [-0.4, -0.2) is 30.1 Å². The van der Waals surface area contributed by atoms with Crippen LogP contribution in [0.2, 0.25) is 0 Å². The molecular weight excluding hydrogens is 176 g/mol. The van der Waals surface area contributed by atoms with Gasteiger partial charge in [0.15, 0.2) is 0 Å². The molecule has 1 N–H and O–H groups in total. The monoisotopic (exact) mass is 192 g/mol. The van der Waals surface area contributed by atoms with E-state index in [4.69, 9.17) is 0 Å². The Morgan fingerprint density at radius 3 is 2.79 bits per heavy atom. The Labute approximate surface area is 84.4 Å². The summed E-state index contributed by atoms with van der Waals surface area (Å²) in [5.74, 6) is 1.74. The molecule has 1 fully saturated rings. The van der Waals surface area contributed by atoms with Crippen molar-refractivity contribution in [3.8, 4) is 0 Å². The minimum absolute atomic E-state index is 0.688. The van der Waals surface area contributed by atoms with Gasteiger partial charge in [-0.1, -0.05) is 0 Å². The van der Waals surface area contributed by atoms with Crippen LogP contribution in [0, 0.1) is 6.92 Å². The van der Waals surface area contributed by atoms with Gasteiger partial charge in [0.2, 0.25) is 5.95 Å². The highest BCUT2D eigenvalue weighted by Crippen LogP contribution is 2.30. The summed E-state index contributed by atoms with van der Waals surface area (Å²) in [6.07, 6.45) is 4.44. The Kier molecular flexibility index (Phi) is 2.27. The van der Waals surface area contributed by atoms with Gasteiger partial charge < -0.3 is 10.2 Å². The van der Waals surface area contributed by atoms with Gasteiger partial charge in [0.25, 0.3) is 0 Å². The lowest BCUT2D eigenvalue weighted by atomic mass is 10.3. The first kappa shape index (κ1) is 9.24. The van der Waals surface area contributed by atoms with Crippen LogP contribution in [0.1, 0.15) is 18.4 Å². The second kappa shape index (κ2) is 3.44. The number of anilines is 2. The van der Waals surface area contributed by atoms with Crippen LogP contribution in [0.25, 0.3) is 0 Å². The van der Waals surface area contributed by atoms with Crippen molar-refractivity contribution in [2.75, 3.05) is 24.3 Å². The summed E-state index contributed by atoms with van der Waals surface area (Å²) in [7, 11) is 3.94. The molecule has 76 valence electrons. The molecule has 0 aromatic carbocycles. The molecule has 1 saturated carbocycles. The zero-order valence-electron chi connectivity index (χ0n) is 8.91. The third-order valence-corrected chi connectivity index (χ3v) is 2.60. The number of rotatable bonds is 3. The number of aromatic nitrogens is 2. The summed E-state index contributed by atoms with van der Waals surface area (Å²) in [5, 5.41) is 2.96. The average molecular weight is 192 g/mol. The van der Waals surface area contributed by atoms with Gasteiger partial charge >= 0.3 is 0 Å². The van der Waals surface area contributed by atoms with Crippen molar-refractivity contribution in [2.24, 2.45) is 0 Å². The van der Waals surface area contributed by atoms with Gasteiger partial charge in [-0.05, 0) is 19.8 Å². The number of hydrogen-bond donors (Lipinski definition) is 1. The van der Waals surface area contributed by atoms with Crippen LogP contribution in [0.5, 0.6) is 0 Å². The Morgan fingerprint density at radius 1 is 1.50 bits per heavy atom. The van der Waals surface area contributed by atoms with Crippen molar-refractivity contribution in [3.63, 3.8) is 0 Å². The average Bonchev–Trinajstić information content (AvgIpc) is 3.01. The molecule has 0 saturated heterocycles. The summed E-state index contributed by atoms with van der Waals surface area (Å²) in [5.41, 5.74) is 1.14. The lowest BCUT2D eigenvalue weighted by Gasteiger charge is -2.19. The standard InChI is InChI=1S/C10H16N4/c1-7-6-12-10(11-2)13-9(7)14(3)8-4-5-8/h6,8H,4-5H2,1-3H3,(H,11,12,13). The Hall–Kier alpha value is -1.32. The zero-order chi connectivity index (χ0) is 10.1. The first-order valence-corrected chi connectivity index (χ1v) is 4.96. The Bertz CT molecular complexity index is 333. The van der Waals surface area contributed by atoms with Crippen molar-refractivity contribution in [1.82, 2.24) is 9.97 Å². The molecule has 1 aromatic heterocycles. The molecule has 0 amide bonds. The number of aryl methyl sites for hydroxylation is 1. The molecule has 0 radical (unpaired) electrons. The molecule has 1 aliphatic rings. The Balaban J connectivity index is 2.29. The highest BCUT2D eigenvalue weighted by molar-refractivity contribution is 5.49. The number of nitrogens with zero attached hydrogens (tertiary/aromatic N) is 3. The summed E-state index contributed by atoms with van der Waals surface area (Å²) in [6, 6.07) is 0.688. The molecular formula is C10H16N4. The first-order valence-electron chi connectivity index (χ1n) is 4.96. The molecule has 0 spiro atoms. The van der Waals surface area contributed by atoms with E-state index >= 15 is 0 Å². The molecule has 1 aromatic rings. The van der Waals surface area contributed by atoms with Crippen molar-refractivity contribution < 1.29 is 0 Å². The van der Waals surface area contributed by atoms with E-state index in [1.54, 1.807) is 0 Å². The van der Waals surface area contributed by atoms with E-state index in [1.165, 1.54) is 12.8 Å². The molecule has 4 nitrogen and oxygen atoms in total. The predicted octanol–water partition coefficient (Wildman–Crippen LogP) is 1.43. The van der Waals surface area contributed by atoms with Crippen molar-refractivity contribution in [1.29, 1.82) is 0 Å². The maximum Gasteiger partial charge on any atom is 0.224 e. The smallest absolute Gasteiger partial charge is 0.224 e. The maximum absolute atomic E-state index is 4.46. The molecule has 1 aliphatic carbocycles. The van der Waals surface area contributed by atoms with Gasteiger partial charge in [0, 0.05) is 31.9 Å². The fraction of sp³-hybridized carbons (Fsp3) is 0.600. The SMILES string of the molecule is CNc1ncc(C)c(N(C)C2CC2)n1. The fourth-order valence-corrected chi connectivity index (χ4v) is 1.55. The lowest BCUT2D eigenvalue weighted by molar-refractivity contribution is 0.878. The van der Waals surface area contributed by atoms with E-state index in [1.807, 2.05) is 20.2 Å². The highest BCUT2D eigenvalue weighted by atomic mass is 15.2. The van der Waals surface area contributed by atoms with Crippen molar-refractivity contribution in [2.45, 2.75) is 25.8 Å². The maximum atomic E-state index is 4.46. The largest absolute Gasteiger partial charge is 0.357 e. The molecule has 0 unspecified atom stereocenters. The molecule has 4 heteroatoms. The van der Waals surface area contributed by atoms with Crippen LogP contribution < -0.4 is 10.2 Å². The van der Waals surface area contributed by atoms with Gasteiger partial charge in [-0.15, -0.1) is 0 Å². The third-order valence-electron chi connectivity index (χ3n) is 2.60. The van der Waals surface area contributed by atoms with Gasteiger partial charge in [0.1, 0.15) is 5.82 Å². The predicted molar refractivity (Wildman–Crippen MR) is 57.7 cm³/mol. The van der Waals surface area contributed by atoms with Crippen molar-refractivity contribution in [3.05, 3.63) is 11.8 Å². The number of hydrogen-bond acceptors (Lipinski definition) is 4. The van der Waals surface area contributed by atoms with E-state index in [-0.39, 0.29) is 0 Å².